The molecule has 150 valence electrons. The SMILES string of the molecule is Cc1nn(CN(C2CC2)C2CCCc3ccccc32)c(=S)n1Cc1ccccc1. The van der Waals surface area contributed by atoms with Crippen molar-refractivity contribution in [2.75, 3.05) is 0 Å². The topological polar surface area (TPSA) is 26.0 Å². The second kappa shape index (κ2) is 7.88. The van der Waals surface area contributed by atoms with E-state index in [2.05, 4.69) is 71.0 Å². The Kier molecular flexibility index (Phi) is 5.10. The number of rotatable bonds is 6. The van der Waals surface area contributed by atoms with Gasteiger partial charge in [-0.3, -0.25) is 9.47 Å². The summed E-state index contributed by atoms with van der Waals surface area (Å²) in [6.45, 7) is 3.62. The quantitative estimate of drug-likeness (QED) is 0.524. The largest absolute Gasteiger partial charge is 0.300 e. The summed E-state index contributed by atoms with van der Waals surface area (Å²) >= 11 is 5.85. The summed E-state index contributed by atoms with van der Waals surface area (Å²) in [7, 11) is 0. The van der Waals surface area contributed by atoms with Crippen LogP contribution in [0.15, 0.2) is 54.6 Å². The van der Waals surface area contributed by atoms with E-state index in [9.17, 15) is 0 Å². The van der Waals surface area contributed by atoms with Crippen molar-refractivity contribution in [3.05, 3.63) is 81.9 Å². The van der Waals surface area contributed by atoms with E-state index in [1.165, 1.54) is 48.8 Å². The molecule has 5 heteroatoms. The maximum Gasteiger partial charge on any atom is 0.199 e. The third-order valence-electron chi connectivity index (χ3n) is 6.34. The number of aryl methyl sites for hydroxylation is 2. The lowest BCUT2D eigenvalue weighted by atomic mass is 9.87. The number of aromatic nitrogens is 3. The maximum atomic E-state index is 5.85. The van der Waals surface area contributed by atoms with Crippen LogP contribution < -0.4 is 0 Å². The summed E-state index contributed by atoms with van der Waals surface area (Å²) < 4.78 is 5.02. The molecule has 1 atom stereocenters. The van der Waals surface area contributed by atoms with E-state index >= 15 is 0 Å². The molecule has 1 saturated carbocycles. The lowest BCUT2D eigenvalue weighted by Crippen LogP contribution is -2.35. The van der Waals surface area contributed by atoms with Gasteiger partial charge in [0, 0.05) is 12.1 Å². The molecule has 0 radical (unpaired) electrons. The Morgan fingerprint density at radius 3 is 2.59 bits per heavy atom. The van der Waals surface area contributed by atoms with Crippen LogP contribution in [0.4, 0.5) is 0 Å². The first-order valence-electron chi connectivity index (χ1n) is 10.7. The Balaban J connectivity index is 1.43. The predicted octanol–water partition coefficient (Wildman–Crippen LogP) is 5.27. The van der Waals surface area contributed by atoms with Crippen molar-refractivity contribution in [3.63, 3.8) is 0 Å². The molecule has 2 aliphatic carbocycles. The molecule has 1 unspecified atom stereocenters. The van der Waals surface area contributed by atoms with Crippen LogP contribution in [0, 0.1) is 11.7 Å². The molecule has 0 N–H and O–H groups in total. The van der Waals surface area contributed by atoms with Gasteiger partial charge in [-0.2, -0.15) is 5.10 Å². The molecular formula is C24H28N4S. The normalized spacial score (nSPS) is 18.8. The van der Waals surface area contributed by atoms with Gasteiger partial charge in [0.05, 0.1) is 13.2 Å². The van der Waals surface area contributed by atoms with Gasteiger partial charge in [0.25, 0.3) is 0 Å². The van der Waals surface area contributed by atoms with Crippen LogP contribution in [0.3, 0.4) is 0 Å². The highest BCUT2D eigenvalue weighted by Gasteiger charge is 2.36. The van der Waals surface area contributed by atoms with Crippen molar-refractivity contribution < 1.29 is 0 Å². The zero-order valence-corrected chi connectivity index (χ0v) is 17.8. The first-order valence-corrected chi connectivity index (χ1v) is 11.1. The van der Waals surface area contributed by atoms with Gasteiger partial charge in [-0.1, -0.05) is 54.6 Å². The van der Waals surface area contributed by atoms with E-state index < -0.39 is 0 Å². The van der Waals surface area contributed by atoms with Crippen molar-refractivity contribution in [2.24, 2.45) is 0 Å². The summed E-state index contributed by atoms with van der Waals surface area (Å²) in [6.07, 6.45) is 6.27. The van der Waals surface area contributed by atoms with Gasteiger partial charge in [-0.05, 0) is 67.9 Å². The van der Waals surface area contributed by atoms with E-state index in [1.807, 2.05) is 4.68 Å². The van der Waals surface area contributed by atoms with Crippen LogP contribution in [-0.4, -0.2) is 25.3 Å². The summed E-state index contributed by atoms with van der Waals surface area (Å²) in [5.74, 6) is 0.985. The highest BCUT2D eigenvalue weighted by molar-refractivity contribution is 7.71. The number of hydrogen-bond donors (Lipinski definition) is 0. The van der Waals surface area contributed by atoms with Crippen molar-refractivity contribution in [1.29, 1.82) is 0 Å². The number of fused-ring (bicyclic) bond motifs is 1. The monoisotopic (exact) mass is 404 g/mol. The molecule has 0 spiro atoms. The highest BCUT2D eigenvalue weighted by atomic mass is 32.1. The lowest BCUT2D eigenvalue weighted by molar-refractivity contribution is 0.118. The van der Waals surface area contributed by atoms with Crippen molar-refractivity contribution in [2.45, 2.75) is 64.3 Å². The van der Waals surface area contributed by atoms with Crippen molar-refractivity contribution in [3.8, 4) is 0 Å². The molecule has 2 aromatic carbocycles. The summed E-state index contributed by atoms with van der Waals surface area (Å²) in [4.78, 5) is 2.66. The Morgan fingerprint density at radius 2 is 1.79 bits per heavy atom. The van der Waals surface area contributed by atoms with Crippen LogP contribution in [0.25, 0.3) is 0 Å². The molecule has 5 rings (SSSR count). The molecule has 0 bridgehead atoms. The minimum absolute atomic E-state index is 0.480. The Hall–Kier alpha value is -2.24. The van der Waals surface area contributed by atoms with Gasteiger partial charge >= 0.3 is 0 Å². The average Bonchev–Trinajstić information content (AvgIpc) is 3.56. The zero-order chi connectivity index (χ0) is 19.8. The molecule has 1 fully saturated rings. The average molecular weight is 405 g/mol. The van der Waals surface area contributed by atoms with Crippen LogP contribution in [0.1, 0.15) is 54.2 Å². The van der Waals surface area contributed by atoms with Crippen molar-refractivity contribution >= 4 is 12.2 Å². The number of hydrogen-bond acceptors (Lipinski definition) is 3. The molecule has 0 aliphatic heterocycles. The van der Waals surface area contributed by atoms with Crippen LogP contribution >= 0.6 is 12.2 Å². The fourth-order valence-electron chi connectivity index (χ4n) is 4.69. The molecule has 0 amide bonds. The second-order valence-corrected chi connectivity index (χ2v) is 8.76. The number of nitrogens with zero attached hydrogens (tertiary/aromatic N) is 4. The van der Waals surface area contributed by atoms with E-state index in [1.54, 1.807) is 0 Å². The van der Waals surface area contributed by atoms with Crippen LogP contribution in [0.5, 0.6) is 0 Å². The Labute approximate surface area is 177 Å². The standard InChI is InChI=1S/C24H28N4S/c1-18-25-28(24(29)26(18)16-19-8-3-2-4-9-19)17-27(21-14-15-21)23-13-7-11-20-10-5-6-12-22(20)23/h2-6,8-10,12,21,23H,7,11,13-17H2,1H3. The van der Waals surface area contributed by atoms with E-state index in [0.717, 1.165) is 23.8 Å². The second-order valence-electron chi connectivity index (χ2n) is 8.39. The first kappa shape index (κ1) is 18.8. The van der Waals surface area contributed by atoms with Crippen molar-refractivity contribution in [1.82, 2.24) is 19.2 Å². The smallest absolute Gasteiger partial charge is 0.199 e. The van der Waals surface area contributed by atoms with Gasteiger partial charge < -0.3 is 0 Å². The third kappa shape index (κ3) is 3.81. The van der Waals surface area contributed by atoms with Crippen LogP contribution in [0.2, 0.25) is 0 Å². The predicted molar refractivity (Wildman–Crippen MR) is 118 cm³/mol. The van der Waals surface area contributed by atoms with Gasteiger partial charge in [-0.15, -0.1) is 0 Å². The van der Waals surface area contributed by atoms with Gasteiger partial charge in [-0.25, -0.2) is 4.68 Å². The Bertz CT molecular complexity index is 1050. The maximum absolute atomic E-state index is 5.85. The number of benzene rings is 2. The molecule has 3 aromatic rings. The highest BCUT2D eigenvalue weighted by Crippen LogP contribution is 2.41. The fourth-order valence-corrected chi connectivity index (χ4v) is 4.99. The van der Waals surface area contributed by atoms with Crippen LogP contribution in [-0.2, 0) is 19.6 Å². The minimum atomic E-state index is 0.480. The molecule has 29 heavy (non-hydrogen) atoms. The zero-order valence-electron chi connectivity index (χ0n) is 17.0. The molecule has 1 aromatic heterocycles. The molecule has 4 nitrogen and oxygen atoms in total. The van der Waals surface area contributed by atoms with Gasteiger partial charge in [0.1, 0.15) is 5.82 Å². The summed E-state index contributed by atoms with van der Waals surface area (Å²) in [5.41, 5.74) is 4.29. The lowest BCUT2D eigenvalue weighted by Gasteiger charge is -2.36. The van der Waals surface area contributed by atoms with E-state index in [4.69, 9.17) is 17.3 Å². The third-order valence-corrected chi connectivity index (χ3v) is 6.77. The molecule has 0 saturated heterocycles. The van der Waals surface area contributed by atoms with E-state index in [0.29, 0.717) is 12.1 Å². The summed E-state index contributed by atoms with van der Waals surface area (Å²) in [5, 5.41) is 4.84. The minimum Gasteiger partial charge on any atom is -0.300 e. The van der Waals surface area contributed by atoms with Gasteiger partial charge in [0.15, 0.2) is 4.77 Å². The molecule has 2 aliphatic rings. The summed E-state index contributed by atoms with van der Waals surface area (Å²) in [6, 6.07) is 20.6. The Morgan fingerprint density at radius 1 is 1.03 bits per heavy atom. The van der Waals surface area contributed by atoms with Gasteiger partial charge in [0.2, 0.25) is 0 Å². The van der Waals surface area contributed by atoms with E-state index in [-0.39, 0.29) is 0 Å². The fraction of sp³-hybridized carbons (Fsp3) is 0.417. The molecular weight excluding hydrogens is 376 g/mol. The first-order chi connectivity index (χ1) is 14.2. The molecule has 1 heterocycles.